The molecule has 0 aromatic rings. The van der Waals surface area contributed by atoms with E-state index in [9.17, 15) is 14.4 Å². The third-order valence-corrected chi connectivity index (χ3v) is 2.20. The third-order valence-electron chi connectivity index (χ3n) is 2.20. The van der Waals surface area contributed by atoms with E-state index in [4.69, 9.17) is 9.84 Å². The van der Waals surface area contributed by atoms with Gasteiger partial charge in [0, 0.05) is 19.6 Å². The molecule has 0 unspecified atom stereocenters. The van der Waals surface area contributed by atoms with Gasteiger partial charge in [-0.1, -0.05) is 6.92 Å². The molecular formula is C13H24N2O5. The molecule has 0 aliphatic rings. The second-order valence-electron chi connectivity index (χ2n) is 5.38. The molecule has 0 saturated carbocycles. The van der Waals surface area contributed by atoms with Crippen LogP contribution >= 0.6 is 0 Å². The van der Waals surface area contributed by atoms with Crippen LogP contribution in [0, 0.1) is 0 Å². The van der Waals surface area contributed by atoms with Gasteiger partial charge in [0.1, 0.15) is 12.0 Å². The minimum Gasteiger partial charge on any atom is -0.481 e. The van der Waals surface area contributed by atoms with E-state index in [1.165, 1.54) is 4.90 Å². The summed E-state index contributed by atoms with van der Waals surface area (Å²) in [5.41, 5.74) is -0.577. The maximum absolute atomic E-state index is 11.6. The number of alkyl carbamates (subject to hydrolysis) is 1. The summed E-state index contributed by atoms with van der Waals surface area (Å²) in [6.45, 7) is 8.11. The number of hydrogen-bond donors (Lipinski definition) is 2. The second kappa shape index (κ2) is 8.39. The predicted octanol–water partition coefficient (Wildman–Crippen LogP) is 1.22. The van der Waals surface area contributed by atoms with E-state index in [-0.39, 0.29) is 13.1 Å². The minimum absolute atomic E-state index is 0.222. The fraction of sp³-hybridized carbons (Fsp3) is 0.769. The Morgan fingerprint density at radius 3 is 2.25 bits per heavy atom. The average molecular weight is 288 g/mol. The number of carboxylic acids is 1. The van der Waals surface area contributed by atoms with Crippen molar-refractivity contribution in [1.82, 2.24) is 10.2 Å². The number of ether oxygens (including phenoxy) is 1. The summed E-state index contributed by atoms with van der Waals surface area (Å²) in [7, 11) is 0. The Kier molecular flexibility index (Phi) is 7.64. The highest BCUT2D eigenvalue weighted by atomic mass is 16.6. The van der Waals surface area contributed by atoms with Crippen molar-refractivity contribution in [3.8, 4) is 0 Å². The van der Waals surface area contributed by atoms with Gasteiger partial charge in [0.2, 0.25) is 5.91 Å². The van der Waals surface area contributed by atoms with Gasteiger partial charge in [-0.3, -0.25) is 9.59 Å². The van der Waals surface area contributed by atoms with Crippen molar-refractivity contribution in [3.63, 3.8) is 0 Å². The molecule has 116 valence electrons. The van der Waals surface area contributed by atoms with Crippen molar-refractivity contribution in [1.29, 1.82) is 0 Å². The van der Waals surface area contributed by atoms with Crippen molar-refractivity contribution < 1.29 is 24.2 Å². The predicted molar refractivity (Wildman–Crippen MR) is 73.4 cm³/mol. The second-order valence-corrected chi connectivity index (χ2v) is 5.38. The summed E-state index contributed by atoms with van der Waals surface area (Å²) in [6.07, 6.45) is -0.371. The summed E-state index contributed by atoms with van der Waals surface area (Å²) in [5.74, 6) is -1.61. The molecule has 0 spiro atoms. The van der Waals surface area contributed by atoms with Crippen LogP contribution in [0.3, 0.4) is 0 Å². The first-order chi connectivity index (χ1) is 9.15. The maximum atomic E-state index is 11.6. The van der Waals surface area contributed by atoms with Crippen LogP contribution in [0.5, 0.6) is 0 Å². The SMILES string of the molecule is CCCN(CCNC(=O)OC(C)(C)C)C(=O)CC(=O)O. The van der Waals surface area contributed by atoms with Gasteiger partial charge in [0.05, 0.1) is 0 Å². The first kappa shape index (κ1) is 18.2. The first-order valence-corrected chi connectivity index (χ1v) is 6.62. The lowest BCUT2D eigenvalue weighted by Gasteiger charge is -2.23. The van der Waals surface area contributed by atoms with Gasteiger partial charge in [-0.2, -0.15) is 0 Å². The Hall–Kier alpha value is -1.79. The standard InChI is InChI=1S/C13H24N2O5/c1-5-7-15(10(16)9-11(17)18)8-6-14-12(19)20-13(2,3)4/h5-9H2,1-4H3,(H,14,19)(H,17,18). The van der Waals surface area contributed by atoms with Crippen molar-refractivity contribution in [2.45, 2.75) is 46.1 Å². The number of amides is 2. The molecule has 2 amide bonds. The molecule has 0 rings (SSSR count). The molecule has 0 aliphatic carbocycles. The molecule has 0 atom stereocenters. The van der Waals surface area contributed by atoms with Crippen LogP contribution in [0.15, 0.2) is 0 Å². The van der Waals surface area contributed by atoms with E-state index < -0.39 is 30.0 Å². The van der Waals surface area contributed by atoms with E-state index in [2.05, 4.69) is 5.32 Å². The molecule has 20 heavy (non-hydrogen) atoms. The van der Waals surface area contributed by atoms with Gasteiger partial charge >= 0.3 is 12.1 Å². The summed E-state index contributed by atoms with van der Waals surface area (Å²) < 4.78 is 5.06. The van der Waals surface area contributed by atoms with Crippen LogP contribution in [0.1, 0.15) is 40.5 Å². The topological polar surface area (TPSA) is 95.9 Å². The largest absolute Gasteiger partial charge is 0.481 e. The van der Waals surface area contributed by atoms with E-state index in [0.29, 0.717) is 6.54 Å². The Labute approximate surface area is 119 Å². The Morgan fingerprint density at radius 1 is 1.20 bits per heavy atom. The van der Waals surface area contributed by atoms with E-state index in [1.807, 2.05) is 6.92 Å². The molecule has 0 radical (unpaired) electrons. The van der Waals surface area contributed by atoms with Crippen LogP contribution in [-0.2, 0) is 14.3 Å². The van der Waals surface area contributed by atoms with Crippen molar-refractivity contribution in [2.24, 2.45) is 0 Å². The number of hydrogen-bond acceptors (Lipinski definition) is 4. The number of nitrogens with one attached hydrogen (secondary N) is 1. The summed E-state index contributed by atoms with van der Waals surface area (Å²) >= 11 is 0. The highest BCUT2D eigenvalue weighted by molar-refractivity contribution is 5.93. The number of nitrogens with zero attached hydrogens (tertiary/aromatic N) is 1. The third kappa shape index (κ3) is 9.18. The molecule has 0 aliphatic heterocycles. The van der Waals surface area contributed by atoms with Crippen molar-refractivity contribution in [3.05, 3.63) is 0 Å². The molecule has 0 aromatic carbocycles. The zero-order chi connectivity index (χ0) is 15.8. The average Bonchev–Trinajstić information content (AvgIpc) is 2.24. The van der Waals surface area contributed by atoms with Gasteiger partial charge in [-0.25, -0.2) is 4.79 Å². The monoisotopic (exact) mass is 288 g/mol. The van der Waals surface area contributed by atoms with Gasteiger partial charge in [-0.05, 0) is 27.2 Å². The lowest BCUT2D eigenvalue weighted by molar-refractivity contribution is -0.144. The molecule has 0 saturated heterocycles. The van der Waals surface area contributed by atoms with E-state index in [1.54, 1.807) is 20.8 Å². The van der Waals surface area contributed by atoms with Gasteiger partial charge in [0.25, 0.3) is 0 Å². The van der Waals surface area contributed by atoms with Crippen molar-refractivity contribution in [2.75, 3.05) is 19.6 Å². The smallest absolute Gasteiger partial charge is 0.407 e. The lowest BCUT2D eigenvalue weighted by Crippen LogP contribution is -2.41. The van der Waals surface area contributed by atoms with E-state index >= 15 is 0 Å². The molecular weight excluding hydrogens is 264 g/mol. The number of carbonyl (C=O) groups excluding carboxylic acids is 2. The Bertz CT molecular complexity index is 349. The molecule has 0 fully saturated rings. The highest BCUT2D eigenvalue weighted by Gasteiger charge is 2.18. The van der Waals surface area contributed by atoms with Crippen LogP contribution in [0.2, 0.25) is 0 Å². The number of carboxylic acid groups (broad SMARTS) is 1. The normalized spacial score (nSPS) is 10.8. The molecule has 0 aromatic heterocycles. The van der Waals surface area contributed by atoms with Gasteiger partial charge < -0.3 is 20.1 Å². The number of aliphatic carboxylic acids is 1. The number of carbonyl (C=O) groups is 3. The zero-order valence-corrected chi connectivity index (χ0v) is 12.6. The Morgan fingerprint density at radius 2 is 1.80 bits per heavy atom. The van der Waals surface area contributed by atoms with Crippen LogP contribution < -0.4 is 5.32 Å². The molecule has 7 heteroatoms. The van der Waals surface area contributed by atoms with Crippen LogP contribution in [0.25, 0.3) is 0 Å². The molecule has 7 nitrogen and oxygen atoms in total. The Balaban J connectivity index is 4.18. The summed E-state index contributed by atoms with van der Waals surface area (Å²) in [6, 6.07) is 0. The zero-order valence-electron chi connectivity index (χ0n) is 12.6. The van der Waals surface area contributed by atoms with E-state index in [0.717, 1.165) is 6.42 Å². The van der Waals surface area contributed by atoms with Gasteiger partial charge in [0.15, 0.2) is 0 Å². The molecule has 0 bridgehead atoms. The van der Waals surface area contributed by atoms with Crippen LogP contribution in [0.4, 0.5) is 4.79 Å². The van der Waals surface area contributed by atoms with Gasteiger partial charge in [-0.15, -0.1) is 0 Å². The first-order valence-electron chi connectivity index (χ1n) is 6.62. The quantitative estimate of drug-likeness (QED) is 0.687. The fourth-order valence-corrected chi connectivity index (χ4v) is 1.48. The molecule has 0 heterocycles. The summed E-state index contributed by atoms with van der Waals surface area (Å²) in [4.78, 5) is 35.0. The van der Waals surface area contributed by atoms with Crippen molar-refractivity contribution >= 4 is 18.0 Å². The molecule has 2 N–H and O–H groups in total. The summed E-state index contributed by atoms with van der Waals surface area (Å²) in [5, 5.41) is 11.1. The minimum atomic E-state index is -1.16. The fourth-order valence-electron chi connectivity index (χ4n) is 1.48. The van der Waals surface area contributed by atoms with Crippen LogP contribution in [-0.4, -0.2) is 53.2 Å². The maximum Gasteiger partial charge on any atom is 0.407 e. The highest BCUT2D eigenvalue weighted by Crippen LogP contribution is 2.06. The lowest BCUT2D eigenvalue weighted by atomic mass is 10.2. The number of rotatable bonds is 7.